The van der Waals surface area contributed by atoms with Gasteiger partial charge in [0, 0.05) is 19.3 Å². The van der Waals surface area contributed by atoms with Crippen LogP contribution in [0.3, 0.4) is 0 Å². The number of carbonyl (C=O) groups excluding carboxylic acids is 3. The van der Waals surface area contributed by atoms with Gasteiger partial charge in [-0.3, -0.25) is 14.4 Å². The standard InChI is InChI=1S/C61H110O6/c1-4-7-10-13-15-17-19-21-23-24-25-26-27-28-29-30-31-32-33-34-35-36-38-39-41-43-45-48-51-54-60(63)66-57-58(56-65-59(62)53-50-47-12-9-6-3)67-61(64)55-52-49-46-44-42-40-37-22-20-18-16-14-11-8-5-2/h8,11,16,18,22,24-25,37,58H,4-7,9-10,12-15,17,19-21,23,26-36,38-57H2,1-3H3/b11-8-,18-16-,25-24-,37-22-. The molecule has 0 heterocycles. The molecule has 1 atom stereocenters. The van der Waals surface area contributed by atoms with E-state index in [2.05, 4.69) is 69.4 Å². The van der Waals surface area contributed by atoms with Crippen LogP contribution in [0.15, 0.2) is 48.6 Å². The van der Waals surface area contributed by atoms with Crippen LogP contribution in [0.4, 0.5) is 0 Å². The van der Waals surface area contributed by atoms with Gasteiger partial charge in [0.1, 0.15) is 13.2 Å². The monoisotopic (exact) mass is 939 g/mol. The summed E-state index contributed by atoms with van der Waals surface area (Å²) in [6.45, 7) is 6.45. The van der Waals surface area contributed by atoms with Gasteiger partial charge in [-0.1, -0.05) is 256 Å². The van der Waals surface area contributed by atoms with Gasteiger partial charge < -0.3 is 14.2 Å². The fourth-order valence-corrected chi connectivity index (χ4v) is 8.45. The number of hydrogen-bond acceptors (Lipinski definition) is 6. The molecule has 6 nitrogen and oxygen atoms in total. The minimum atomic E-state index is -0.776. The Hall–Kier alpha value is -2.63. The Morgan fingerprint density at radius 1 is 0.313 bits per heavy atom. The zero-order valence-corrected chi connectivity index (χ0v) is 44.7. The summed E-state index contributed by atoms with van der Waals surface area (Å²) in [6.07, 6.45) is 68.9. The van der Waals surface area contributed by atoms with E-state index in [9.17, 15) is 14.4 Å². The first-order valence-electron chi connectivity index (χ1n) is 29.1. The van der Waals surface area contributed by atoms with E-state index in [-0.39, 0.29) is 31.1 Å². The highest BCUT2D eigenvalue weighted by Crippen LogP contribution is 2.17. The van der Waals surface area contributed by atoms with Gasteiger partial charge in [0.2, 0.25) is 0 Å². The molecular weight excluding hydrogens is 829 g/mol. The first kappa shape index (κ1) is 64.4. The third-order valence-electron chi connectivity index (χ3n) is 12.8. The summed E-state index contributed by atoms with van der Waals surface area (Å²) < 4.78 is 16.7. The van der Waals surface area contributed by atoms with Crippen molar-refractivity contribution in [1.29, 1.82) is 0 Å². The fourth-order valence-electron chi connectivity index (χ4n) is 8.45. The molecule has 0 aromatic heterocycles. The second-order valence-electron chi connectivity index (χ2n) is 19.5. The first-order chi connectivity index (χ1) is 33.0. The van der Waals surface area contributed by atoms with E-state index in [1.54, 1.807) is 0 Å². The topological polar surface area (TPSA) is 78.9 Å². The van der Waals surface area contributed by atoms with Gasteiger partial charge in [0.05, 0.1) is 0 Å². The van der Waals surface area contributed by atoms with Crippen molar-refractivity contribution in [2.75, 3.05) is 13.2 Å². The van der Waals surface area contributed by atoms with Crippen molar-refractivity contribution in [3.8, 4) is 0 Å². The Labute approximate surface area is 416 Å². The maximum absolute atomic E-state index is 12.7. The van der Waals surface area contributed by atoms with Crippen LogP contribution in [0, 0.1) is 0 Å². The summed E-state index contributed by atoms with van der Waals surface area (Å²) in [5, 5.41) is 0. The number of rotatable bonds is 53. The quantitative estimate of drug-likeness (QED) is 0.0262. The maximum atomic E-state index is 12.7. The molecule has 0 amide bonds. The Morgan fingerprint density at radius 3 is 0.925 bits per heavy atom. The lowest BCUT2D eigenvalue weighted by Gasteiger charge is -2.18. The lowest BCUT2D eigenvalue weighted by Crippen LogP contribution is -2.30. The molecule has 0 N–H and O–H groups in total. The van der Waals surface area contributed by atoms with Gasteiger partial charge >= 0.3 is 17.9 Å². The Kier molecular flexibility index (Phi) is 53.8. The second-order valence-corrected chi connectivity index (χ2v) is 19.5. The molecule has 0 spiro atoms. The molecule has 67 heavy (non-hydrogen) atoms. The molecule has 0 fully saturated rings. The van der Waals surface area contributed by atoms with E-state index in [1.165, 1.54) is 161 Å². The number of carbonyl (C=O) groups is 3. The summed E-state index contributed by atoms with van der Waals surface area (Å²) in [4.78, 5) is 37.7. The van der Waals surface area contributed by atoms with Crippen molar-refractivity contribution in [2.24, 2.45) is 0 Å². The fraction of sp³-hybridized carbons (Fsp3) is 0.820. The van der Waals surface area contributed by atoms with Crippen LogP contribution in [0.25, 0.3) is 0 Å². The normalized spacial score (nSPS) is 12.3. The Bertz CT molecular complexity index is 1170. The minimum absolute atomic E-state index is 0.0781. The van der Waals surface area contributed by atoms with E-state index >= 15 is 0 Å². The molecule has 0 aliphatic heterocycles. The van der Waals surface area contributed by atoms with Crippen LogP contribution in [0.1, 0.15) is 303 Å². The number of ether oxygens (including phenoxy) is 3. The first-order valence-corrected chi connectivity index (χ1v) is 29.1. The van der Waals surface area contributed by atoms with Crippen LogP contribution >= 0.6 is 0 Å². The smallest absolute Gasteiger partial charge is 0.306 e. The Morgan fingerprint density at radius 2 is 0.582 bits per heavy atom. The predicted molar refractivity (Wildman–Crippen MR) is 289 cm³/mol. The lowest BCUT2D eigenvalue weighted by molar-refractivity contribution is -0.167. The number of unbranched alkanes of at least 4 members (excludes halogenated alkanes) is 34. The average Bonchev–Trinajstić information content (AvgIpc) is 3.33. The summed E-state index contributed by atoms with van der Waals surface area (Å²) in [6, 6.07) is 0. The molecule has 0 aromatic rings. The van der Waals surface area contributed by atoms with E-state index < -0.39 is 6.10 Å². The highest BCUT2D eigenvalue weighted by molar-refractivity contribution is 5.71. The van der Waals surface area contributed by atoms with E-state index in [0.717, 1.165) is 103 Å². The van der Waals surface area contributed by atoms with Crippen LogP contribution in [-0.2, 0) is 28.6 Å². The SMILES string of the molecule is CC/C=C\C/C=C\C/C=C\CCCCCCCC(=O)OC(COC(=O)CCCCCCC)COC(=O)CCCCCCCCCCCCCCCCCCC/C=C\CCCCCCCCCC. The number of allylic oxidation sites excluding steroid dienone is 8. The van der Waals surface area contributed by atoms with Crippen molar-refractivity contribution >= 4 is 17.9 Å². The molecular formula is C61H110O6. The molecule has 1 unspecified atom stereocenters. The van der Waals surface area contributed by atoms with Gasteiger partial charge in [-0.15, -0.1) is 0 Å². The second kappa shape index (κ2) is 56.0. The highest BCUT2D eigenvalue weighted by Gasteiger charge is 2.19. The van der Waals surface area contributed by atoms with Crippen LogP contribution < -0.4 is 0 Å². The summed E-state index contributed by atoms with van der Waals surface area (Å²) in [7, 11) is 0. The molecule has 0 bridgehead atoms. The molecule has 0 saturated carbocycles. The minimum Gasteiger partial charge on any atom is -0.462 e. The molecule has 0 aromatic carbocycles. The Balaban J connectivity index is 3.97. The summed E-state index contributed by atoms with van der Waals surface area (Å²) >= 11 is 0. The maximum Gasteiger partial charge on any atom is 0.306 e. The molecule has 0 aliphatic carbocycles. The molecule has 390 valence electrons. The predicted octanol–water partition coefficient (Wildman–Crippen LogP) is 19.4. The molecule has 6 heteroatoms. The van der Waals surface area contributed by atoms with Crippen molar-refractivity contribution in [3.05, 3.63) is 48.6 Å². The highest BCUT2D eigenvalue weighted by atomic mass is 16.6. The van der Waals surface area contributed by atoms with Gasteiger partial charge in [0.15, 0.2) is 6.10 Å². The van der Waals surface area contributed by atoms with Crippen LogP contribution in [0.5, 0.6) is 0 Å². The summed E-state index contributed by atoms with van der Waals surface area (Å²) in [5.41, 5.74) is 0. The van der Waals surface area contributed by atoms with E-state index in [4.69, 9.17) is 14.2 Å². The van der Waals surface area contributed by atoms with Crippen molar-refractivity contribution in [2.45, 2.75) is 309 Å². The number of hydrogen-bond donors (Lipinski definition) is 0. The lowest BCUT2D eigenvalue weighted by atomic mass is 10.0. The molecule has 0 aliphatic rings. The van der Waals surface area contributed by atoms with Crippen LogP contribution in [0.2, 0.25) is 0 Å². The van der Waals surface area contributed by atoms with E-state index in [0.29, 0.717) is 19.3 Å². The third-order valence-corrected chi connectivity index (χ3v) is 12.8. The van der Waals surface area contributed by atoms with Crippen molar-refractivity contribution in [3.63, 3.8) is 0 Å². The molecule has 0 rings (SSSR count). The summed E-state index contributed by atoms with van der Waals surface area (Å²) in [5.74, 6) is -0.899. The van der Waals surface area contributed by atoms with Crippen molar-refractivity contribution in [1.82, 2.24) is 0 Å². The van der Waals surface area contributed by atoms with E-state index in [1.807, 2.05) is 0 Å². The molecule has 0 saturated heterocycles. The average molecular weight is 940 g/mol. The van der Waals surface area contributed by atoms with Gasteiger partial charge in [0.25, 0.3) is 0 Å². The third kappa shape index (κ3) is 54.2. The van der Waals surface area contributed by atoms with Crippen LogP contribution in [-0.4, -0.2) is 37.2 Å². The number of esters is 3. The largest absolute Gasteiger partial charge is 0.462 e. The zero-order valence-electron chi connectivity index (χ0n) is 44.7. The van der Waals surface area contributed by atoms with Gasteiger partial charge in [-0.2, -0.15) is 0 Å². The van der Waals surface area contributed by atoms with Gasteiger partial charge in [-0.05, 0) is 77.0 Å². The van der Waals surface area contributed by atoms with Crippen molar-refractivity contribution < 1.29 is 28.6 Å². The molecule has 0 radical (unpaired) electrons. The van der Waals surface area contributed by atoms with Gasteiger partial charge in [-0.25, -0.2) is 0 Å². The zero-order chi connectivity index (χ0) is 48.6.